The number of nitrogens with one attached hydrogen (secondary N) is 2. The number of nitrogens with zero attached hydrogens (tertiary/aromatic N) is 4. The Morgan fingerprint density at radius 3 is 2.41 bits per heavy atom. The number of aromatic nitrogens is 4. The van der Waals surface area contributed by atoms with E-state index in [4.69, 9.17) is 0 Å². The van der Waals surface area contributed by atoms with Gasteiger partial charge in [-0.2, -0.15) is 10.2 Å². The molecule has 2 aromatic rings. The highest BCUT2D eigenvalue weighted by atomic mass is 35.5. The molecule has 2 atom stereocenters. The lowest BCUT2D eigenvalue weighted by atomic mass is 10.1. The molecule has 0 aliphatic rings. The molecule has 122 valence electrons. The first-order chi connectivity index (χ1) is 9.92. The van der Waals surface area contributed by atoms with E-state index in [2.05, 4.69) is 20.8 Å². The molecule has 7 nitrogen and oxygen atoms in total. The summed E-state index contributed by atoms with van der Waals surface area (Å²) in [6, 6.07) is -0.517. The average molecular weight is 327 g/mol. The fraction of sp³-hybridized carbons (Fsp3) is 0.500. The largest absolute Gasteiger partial charge is 0.348 e. The smallest absolute Gasteiger partial charge is 0.242 e. The van der Waals surface area contributed by atoms with E-state index in [-0.39, 0.29) is 24.4 Å². The van der Waals surface area contributed by atoms with Crippen molar-refractivity contribution in [2.75, 3.05) is 7.05 Å². The minimum atomic E-state index is -0.418. The molecule has 2 rings (SSSR count). The normalized spacial score (nSPS) is 13.3. The topological polar surface area (TPSA) is 76.8 Å². The highest BCUT2D eigenvalue weighted by Crippen LogP contribution is 2.18. The Morgan fingerprint density at radius 2 is 1.95 bits per heavy atom. The van der Waals surface area contributed by atoms with Crippen molar-refractivity contribution in [3.05, 3.63) is 35.4 Å². The highest BCUT2D eigenvalue weighted by Gasteiger charge is 2.23. The molecule has 8 heteroatoms. The molecular weight excluding hydrogens is 304 g/mol. The molecule has 2 N–H and O–H groups in total. The number of likely N-dealkylation sites (N-methyl/N-ethyl adjacent to an activating group) is 1. The van der Waals surface area contributed by atoms with Crippen LogP contribution in [0.5, 0.6) is 0 Å². The zero-order valence-corrected chi connectivity index (χ0v) is 14.3. The second kappa shape index (κ2) is 7.42. The second-order valence-corrected chi connectivity index (χ2v) is 5.24. The van der Waals surface area contributed by atoms with Crippen molar-refractivity contribution >= 4 is 18.3 Å². The summed E-state index contributed by atoms with van der Waals surface area (Å²) in [5.74, 6) is -0.0822. The van der Waals surface area contributed by atoms with E-state index in [1.807, 2.05) is 40.3 Å². The quantitative estimate of drug-likeness (QED) is 0.860. The Labute approximate surface area is 136 Å². The van der Waals surface area contributed by atoms with E-state index in [9.17, 15) is 4.79 Å². The van der Waals surface area contributed by atoms with E-state index in [1.165, 1.54) is 0 Å². The predicted molar refractivity (Wildman–Crippen MR) is 86.8 cm³/mol. The van der Waals surface area contributed by atoms with Crippen LogP contribution >= 0.6 is 12.4 Å². The summed E-state index contributed by atoms with van der Waals surface area (Å²) in [6.45, 7) is 3.90. The summed E-state index contributed by atoms with van der Waals surface area (Å²) in [6.07, 6.45) is 5.46. The average Bonchev–Trinajstić information content (AvgIpc) is 2.96. The molecule has 0 spiro atoms. The number of amides is 1. The number of carbonyl (C=O) groups excluding carboxylic acids is 1. The van der Waals surface area contributed by atoms with Gasteiger partial charge in [0.15, 0.2) is 0 Å². The molecule has 1 amide bonds. The number of halogens is 1. The third kappa shape index (κ3) is 3.86. The van der Waals surface area contributed by atoms with Crippen LogP contribution in [0.25, 0.3) is 0 Å². The van der Waals surface area contributed by atoms with Gasteiger partial charge in [0, 0.05) is 37.6 Å². The van der Waals surface area contributed by atoms with Crippen LogP contribution in [0.4, 0.5) is 0 Å². The number of rotatable bonds is 5. The molecule has 22 heavy (non-hydrogen) atoms. The van der Waals surface area contributed by atoms with Crippen LogP contribution in [0.1, 0.15) is 35.8 Å². The Morgan fingerprint density at radius 1 is 1.27 bits per heavy atom. The van der Waals surface area contributed by atoms with Gasteiger partial charge in [-0.25, -0.2) is 0 Å². The zero-order chi connectivity index (χ0) is 15.6. The van der Waals surface area contributed by atoms with Crippen LogP contribution in [-0.2, 0) is 18.9 Å². The second-order valence-electron chi connectivity index (χ2n) is 5.24. The van der Waals surface area contributed by atoms with Gasteiger partial charge < -0.3 is 10.6 Å². The summed E-state index contributed by atoms with van der Waals surface area (Å²) in [7, 11) is 5.46. The third-order valence-corrected chi connectivity index (χ3v) is 3.49. The fourth-order valence-corrected chi connectivity index (χ4v) is 2.46. The van der Waals surface area contributed by atoms with Crippen LogP contribution in [0, 0.1) is 6.92 Å². The molecule has 0 radical (unpaired) electrons. The number of aryl methyl sites for hydroxylation is 3. The van der Waals surface area contributed by atoms with E-state index in [0.717, 1.165) is 16.8 Å². The van der Waals surface area contributed by atoms with Gasteiger partial charge in [-0.1, -0.05) is 0 Å². The van der Waals surface area contributed by atoms with Gasteiger partial charge >= 0.3 is 0 Å². The maximum absolute atomic E-state index is 12.4. The van der Waals surface area contributed by atoms with E-state index in [1.54, 1.807) is 22.6 Å². The standard InChI is InChI=1S/C14H22N6O.ClH/c1-9(12-8-20(5)18-10(12)2)17-14(21)13(15-3)11-6-16-19(4)7-11;/h6-9,13,15H,1-5H3,(H,17,21);1H. The van der Waals surface area contributed by atoms with Crippen molar-refractivity contribution in [3.63, 3.8) is 0 Å². The lowest BCUT2D eigenvalue weighted by molar-refractivity contribution is -0.123. The molecule has 0 bridgehead atoms. The maximum Gasteiger partial charge on any atom is 0.242 e. The van der Waals surface area contributed by atoms with Gasteiger partial charge in [0.25, 0.3) is 0 Å². The molecular formula is C14H23ClN6O. The van der Waals surface area contributed by atoms with Crippen LogP contribution in [-0.4, -0.2) is 32.5 Å². The molecule has 0 aliphatic carbocycles. The number of hydrogen-bond acceptors (Lipinski definition) is 4. The molecule has 2 heterocycles. The monoisotopic (exact) mass is 326 g/mol. The van der Waals surface area contributed by atoms with Crippen molar-refractivity contribution in [1.82, 2.24) is 30.2 Å². The summed E-state index contributed by atoms with van der Waals surface area (Å²) < 4.78 is 3.44. The van der Waals surface area contributed by atoms with Crippen LogP contribution in [0.2, 0.25) is 0 Å². The van der Waals surface area contributed by atoms with Crippen molar-refractivity contribution in [2.24, 2.45) is 14.1 Å². The lowest BCUT2D eigenvalue weighted by Crippen LogP contribution is -2.37. The predicted octanol–water partition coefficient (Wildman–Crippen LogP) is 1.02. The van der Waals surface area contributed by atoms with Crippen molar-refractivity contribution in [1.29, 1.82) is 0 Å². The molecule has 0 fully saturated rings. The van der Waals surface area contributed by atoms with Gasteiger partial charge in [-0.15, -0.1) is 12.4 Å². The lowest BCUT2D eigenvalue weighted by Gasteiger charge is -2.19. The summed E-state index contributed by atoms with van der Waals surface area (Å²) in [4.78, 5) is 12.4. The maximum atomic E-state index is 12.4. The zero-order valence-electron chi connectivity index (χ0n) is 13.5. The van der Waals surface area contributed by atoms with Gasteiger partial charge in [0.2, 0.25) is 5.91 Å². The SMILES string of the molecule is CNC(C(=O)NC(C)c1cn(C)nc1C)c1cnn(C)c1.Cl. The van der Waals surface area contributed by atoms with Crippen molar-refractivity contribution in [3.8, 4) is 0 Å². The van der Waals surface area contributed by atoms with Crippen molar-refractivity contribution in [2.45, 2.75) is 25.9 Å². The molecule has 0 saturated carbocycles. The summed E-state index contributed by atoms with van der Waals surface area (Å²) in [5.41, 5.74) is 2.78. The molecule has 2 unspecified atom stereocenters. The first kappa shape index (κ1) is 18.2. The van der Waals surface area contributed by atoms with Gasteiger partial charge in [-0.3, -0.25) is 14.2 Å². The molecule has 0 saturated heterocycles. The van der Waals surface area contributed by atoms with Crippen LogP contribution < -0.4 is 10.6 Å². The fourth-order valence-electron chi connectivity index (χ4n) is 2.46. The number of carbonyl (C=O) groups is 1. The Kier molecular flexibility index (Phi) is 6.13. The molecule has 2 aromatic heterocycles. The molecule has 0 aromatic carbocycles. The van der Waals surface area contributed by atoms with Crippen LogP contribution in [0.15, 0.2) is 18.6 Å². The Balaban J connectivity index is 0.00000242. The first-order valence-corrected chi connectivity index (χ1v) is 6.88. The van der Waals surface area contributed by atoms with Gasteiger partial charge in [0.05, 0.1) is 17.9 Å². The van der Waals surface area contributed by atoms with Crippen molar-refractivity contribution < 1.29 is 4.79 Å². The summed E-state index contributed by atoms with van der Waals surface area (Å²) in [5, 5.41) is 14.4. The van der Waals surface area contributed by atoms with Crippen LogP contribution in [0.3, 0.4) is 0 Å². The van der Waals surface area contributed by atoms with Gasteiger partial charge in [-0.05, 0) is 20.9 Å². The Hall–Kier alpha value is -1.86. The van der Waals surface area contributed by atoms with Gasteiger partial charge in [0.1, 0.15) is 6.04 Å². The highest BCUT2D eigenvalue weighted by molar-refractivity contribution is 5.85. The third-order valence-electron chi connectivity index (χ3n) is 3.49. The first-order valence-electron chi connectivity index (χ1n) is 6.88. The number of hydrogen-bond donors (Lipinski definition) is 2. The van der Waals surface area contributed by atoms with E-state index >= 15 is 0 Å². The minimum Gasteiger partial charge on any atom is -0.348 e. The summed E-state index contributed by atoms with van der Waals surface area (Å²) >= 11 is 0. The van der Waals surface area contributed by atoms with E-state index in [0.29, 0.717) is 0 Å². The minimum absolute atomic E-state index is 0. The molecule has 0 aliphatic heterocycles. The van der Waals surface area contributed by atoms with E-state index < -0.39 is 6.04 Å². The Bertz CT molecular complexity index is 635.